The third-order valence-electron chi connectivity index (χ3n) is 22.3. The molecule has 0 radical (unpaired) electrons. The van der Waals surface area contributed by atoms with Crippen molar-refractivity contribution in [3.05, 3.63) is 252 Å². The van der Waals surface area contributed by atoms with E-state index >= 15 is 24.0 Å². The molecule has 0 amide bonds. The summed E-state index contributed by atoms with van der Waals surface area (Å²) in [7, 11) is 0. The summed E-state index contributed by atoms with van der Waals surface area (Å²) in [6, 6.07) is 53.1. The van der Waals surface area contributed by atoms with Gasteiger partial charge in [0.2, 0.25) is 11.5 Å². The lowest BCUT2D eigenvalue weighted by molar-refractivity contribution is -0.133. The number of ether oxygens (including phenoxy) is 12. The van der Waals surface area contributed by atoms with Crippen molar-refractivity contribution in [2.24, 2.45) is 0 Å². The van der Waals surface area contributed by atoms with Crippen molar-refractivity contribution in [2.75, 3.05) is 39.6 Å². The molecule has 0 heterocycles. The van der Waals surface area contributed by atoms with Crippen molar-refractivity contribution in [3.63, 3.8) is 0 Å². The zero-order valence-corrected chi connectivity index (χ0v) is 78.1. The molecule has 18 nitrogen and oxygen atoms in total. The average Bonchev–Trinajstić information content (AvgIpc) is 0.703. The fraction of sp³-hybridized carbons (Fsp3) is 0.368. The van der Waals surface area contributed by atoms with Crippen LogP contribution >= 0.6 is 0 Å². The molecule has 132 heavy (non-hydrogen) atoms. The summed E-state index contributed by atoms with van der Waals surface area (Å²) in [4.78, 5) is 91.9. The molecule has 0 unspecified atom stereocenters. The zero-order chi connectivity index (χ0) is 93.0. The topological polar surface area (TPSA) is 213 Å². The molecule has 18 heteroatoms. The predicted molar refractivity (Wildman–Crippen MR) is 531 cm³/mol. The summed E-state index contributed by atoms with van der Waals surface area (Å²) in [5.41, 5.74) is 3.49. The Morgan fingerprint density at radius 1 is 0.197 bits per heavy atom. The number of esters is 6. The number of fused-ring (bicyclic) bond motifs is 6. The highest BCUT2D eigenvalue weighted by Crippen LogP contribution is 2.58. The molecule has 0 aliphatic heterocycles. The molecule has 0 bridgehead atoms. The third-order valence-corrected chi connectivity index (χ3v) is 22.3. The van der Waals surface area contributed by atoms with E-state index in [9.17, 15) is 4.79 Å². The minimum Gasteiger partial charge on any atom is -0.494 e. The molecule has 0 spiro atoms. The Kier molecular flexibility index (Phi) is 44.4. The lowest BCUT2D eigenvalue weighted by Crippen LogP contribution is -2.15. The highest BCUT2D eigenvalue weighted by Gasteiger charge is 2.35. The van der Waals surface area contributed by atoms with E-state index in [0.29, 0.717) is 113 Å². The number of carbonyl (C=O) groups is 6. The van der Waals surface area contributed by atoms with Crippen molar-refractivity contribution in [1.29, 1.82) is 0 Å². The second kappa shape index (κ2) is 58.0. The molecular weight excluding hydrogens is 1660 g/mol. The van der Waals surface area contributed by atoms with Crippen molar-refractivity contribution in [2.45, 2.75) is 234 Å². The van der Waals surface area contributed by atoms with Gasteiger partial charge in [0.05, 0.1) is 39.6 Å². The maximum Gasteiger partial charge on any atom is 0.336 e. The molecular formula is C114H132O18. The fourth-order valence-corrected chi connectivity index (χ4v) is 14.9. The molecule has 0 saturated heterocycles. The van der Waals surface area contributed by atoms with Crippen LogP contribution in [0.2, 0.25) is 0 Å². The van der Waals surface area contributed by atoms with E-state index in [1.807, 2.05) is 36.4 Å². The van der Waals surface area contributed by atoms with Gasteiger partial charge in [-0.15, -0.1) is 0 Å². The Morgan fingerprint density at radius 3 is 0.659 bits per heavy atom. The Bertz CT molecular complexity index is 5410. The summed E-state index contributed by atoms with van der Waals surface area (Å²) >= 11 is 0. The van der Waals surface area contributed by atoms with Gasteiger partial charge in [-0.2, -0.15) is 0 Å². The summed E-state index contributed by atoms with van der Waals surface area (Å²) < 4.78 is 76.3. The first-order valence-corrected chi connectivity index (χ1v) is 48.0. The highest BCUT2D eigenvalue weighted by atomic mass is 16.6. The second-order valence-corrected chi connectivity index (χ2v) is 32.9. The average molecular weight is 1790 g/mol. The van der Waals surface area contributed by atoms with Gasteiger partial charge in [-0.1, -0.05) is 293 Å². The SMILES string of the molecule is CCCCCCCOc1ccc(C=CC(=O)Oc2ccc3c4ccccc4c4c(OC(=O)C=Cc5ccc(OCCCCCCC)cc5)c(OC(=O)C=Cc5ccc(OCCCCCCC)cc5)c(OC(=O)C=Cc5ccc(OCCCCCCC)cc5)c(OC(=O)C=Cc5ccc(OCCCCCCC)cc5)c4c3c2OC(=O)C=Cc2ccc(OCCCCCCC)cc2)cc1. The van der Waals surface area contributed by atoms with Crippen LogP contribution < -0.4 is 56.8 Å². The molecule has 10 aromatic carbocycles. The standard InChI is InChI=1S/C114H132O18/c1-7-13-19-25-33-79-121-91-59-41-85(42-60-91)53-73-101(115)127-100-72-71-99-97-39-31-32-40-98(97)108-109(107(99)110(100)128-102(116)74-54-86-43-61-92(62-44-86)122-80-34-26-20-14-8-2)112(130-104(118)76-56-88-47-65-94(66-48-88)124-82-36-28-22-16-10-4)114(132-106(120)78-58-90-51-69-96(70-52-90)126-84-38-30-24-18-12-6)113(131-105(119)77-57-89-49-67-95(68-50-89)125-83-37-29-23-17-11-5)111(108)129-103(117)75-55-87-45-63-93(64-46-87)123-81-35-27-21-15-9-3/h31-32,39-78H,7-30,33-38,79-84H2,1-6H3. The second-order valence-electron chi connectivity index (χ2n) is 32.9. The molecule has 0 saturated carbocycles. The van der Waals surface area contributed by atoms with E-state index in [-0.39, 0.29) is 32.7 Å². The van der Waals surface area contributed by atoms with Crippen molar-refractivity contribution in [1.82, 2.24) is 0 Å². The maximum absolute atomic E-state index is 15.6. The van der Waals surface area contributed by atoms with E-state index in [0.717, 1.165) is 204 Å². The van der Waals surface area contributed by atoms with Gasteiger partial charge >= 0.3 is 35.8 Å². The number of benzene rings is 10. The molecule has 0 aliphatic rings. The smallest absolute Gasteiger partial charge is 0.336 e. The predicted octanol–water partition coefficient (Wildman–Crippen LogP) is 29.0. The van der Waals surface area contributed by atoms with Crippen LogP contribution in [0, 0.1) is 0 Å². The number of rotatable bonds is 60. The summed E-state index contributed by atoms with van der Waals surface area (Å²) in [6.45, 7) is 16.3. The van der Waals surface area contributed by atoms with Crippen LogP contribution in [-0.2, 0) is 28.8 Å². The van der Waals surface area contributed by atoms with Gasteiger partial charge in [0, 0.05) is 52.6 Å². The first kappa shape index (κ1) is 101. The normalized spacial score (nSPS) is 11.6. The monoisotopic (exact) mass is 1790 g/mol. The van der Waals surface area contributed by atoms with Gasteiger partial charge in [-0.05, 0) is 209 Å². The Morgan fingerprint density at radius 2 is 0.402 bits per heavy atom. The lowest BCUT2D eigenvalue weighted by Gasteiger charge is -2.23. The van der Waals surface area contributed by atoms with Crippen molar-refractivity contribution in [3.8, 4) is 69.0 Å². The molecule has 10 rings (SSSR count). The van der Waals surface area contributed by atoms with Crippen LogP contribution in [0.3, 0.4) is 0 Å². The first-order valence-electron chi connectivity index (χ1n) is 48.0. The van der Waals surface area contributed by atoms with E-state index in [2.05, 4.69) is 41.5 Å². The molecule has 10 aromatic rings. The highest BCUT2D eigenvalue weighted by molar-refractivity contribution is 6.32. The van der Waals surface area contributed by atoms with Crippen LogP contribution in [0.25, 0.3) is 68.8 Å². The third kappa shape index (κ3) is 34.7. The van der Waals surface area contributed by atoms with Crippen LogP contribution in [0.4, 0.5) is 0 Å². The molecule has 0 aromatic heterocycles. The molecule has 0 atom stereocenters. The number of hydrogen-bond donors (Lipinski definition) is 0. The van der Waals surface area contributed by atoms with E-state index in [1.54, 1.807) is 152 Å². The molecule has 0 fully saturated rings. The van der Waals surface area contributed by atoms with E-state index < -0.39 is 64.6 Å². The molecule has 0 N–H and O–H groups in total. The van der Waals surface area contributed by atoms with E-state index in [4.69, 9.17) is 56.8 Å². The van der Waals surface area contributed by atoms with Crippen LogP contribution in [0.15, 0.2) is 218 Å². The zero-order valence-electron chi connectivity index (χ0n) is 78.1. The Labute approximate surface area is 780 Å². The van der Waals surface area contributed by atoms with E-state index in [1.165, 1.54) is 55.0 Å². The van der Waals surface area contributed by atoms with Gasteiger partial charge in [-0.3, -0.25) is 0 Å². The fourth-order valence-electron chi connectivity index (χ4n) is 14.9. The minimum absolute atomic E-state index is 0.112. The largest absolute Gasteiger partial charge is 0.494 e. The van der Waals surface area contributed by atoms with Gasteiger partial charge in [0.1, 0.15) is 34.5 Å². The number of hydrogen-bond acceptors (Lipinski definition) is 18. The quantitative estimate of drug-likeness (QED) is 0.0114. The van der Waals surface area contributed by atoms with Crippen molar-refractivity contribution >= 4 is 105 Å². The summed E-state index contributed by atoms with van der Waals surface area (Å²) in [5.74, 6) is -5.75. The summed E-state index contributed by atoms with van der Waals surface area (Å²) in [6.07, 6.45) is 48.3. The van der Waals surface area contributed by atoms with Gasteiger partial charge in [0.25, 0.3) is 0 Å². The number of unbranched alkanes of at least 4 members (excludes halogenated alkanes) is 24. The molecule has 696 valence electrons. The first-order chi connectivity index (χ1) is 64.7. The van der Waals surface area contributed by atoms with Crippen molar-refractivity contribution < 1.29 is 85.6 Å². The van der Waals surface area contributed by atoms with Gasteiger partial charge < -0.3 is 56.8 Å². The Hall–Kier alpha value is -13.0. The van der Waals surface area contributed by atoms with Crippen LogP contribution in [0.1, 0.15) is 268 Å². The minimum atomic E-state index is -1.11. The Balaban J connectivity index is 1.19. The number of carbonyl (C=O) groups excluding carboxylic acids is 6. The van der Waals surface area contributed by atoms with Crippen LogP contribution in [0.5, 0.6) is 69.0 Å². The summed E-state index contributed by atoms with van der Waals surface area (Å²) in [5, 5.41) is 0.493. The lowest BCUT2D eigenvalue weighted by atomic mass is 9.91. The van der Waals surface area contributed by atoms with Gasteiger partial charge in [0.15, 0.2) is 23.0 Å². The molecule has 0 aliphatic carbocycles. The van der Waals surface area contributed by atoms with Crippen LogP contribution in [-0.4, -0.2) is 75.5 Å². The maximum atomic E-state index is 15.6. The van der Waals surface area contributed by atoms with Gasteiger partial charge in [-0.25, -0.2) is 28.8 Å².